The van der Waals surface area contributed by atoms with Crippen molar-refractivity contribution in [3.8, 4) is 0 Å². The first-order chi connectivity index (χ1) is 5.14. The van der Waals surface area contributed by atoms with Gasteiger partial charge in [0.25, 0.3) is 6.69 Å². The first-order valence-electron chi connectivity index (χ1n) is 3.16. The summed E-state index contributed by atoms with van der Waals surface area (Å²) in [6, 6.07) is 2.81. The Labute approximate surface area is 80.9 Å². The van der Waals surface area contributed by atoms with E-state index in [1.165, 1.54) is 5.56 Å². The molecule has 0 amide bonds. The van der Waals surface area contributed by atoms with Crippen molar-refractivity contribution in [3.63, 3.8) is 0 Å². The van der Waals surface area contributed by atoms with Crippen molar-refractivity contribution < 1.29 is 0 Å². The van der Waals surface area contributed by atoms with Crippen molar-refractivity contribution in [2.45, 2.75) is 6.04 Å². The Morgan fingerprint density at radius 3 is 2.82 bits per heavy atom. The Morgan fingerprint density at radius 1 is 1.64 bits per heavy atom. The highest BCUT2D eigenvalue weighted by atomic mass is 35.7. The maximum Gasteiger partial charge on any atom is 0.277 e. The van der Waals surface area contributed by atoms with E-state index < -0.39 is 6.69 Å². The van der Waals surface area contributed by atoms with Gasteiger partial charge in [0.1, 0.15) is 0 Å². The molecule has 0 aliphatic carbocycles. The fourth-order valence-corrected chi connectivity index (χ4v) is 3.39. The molecule has 0 spiro atoms. The molecule has 4 heteroatoms. The van der Waals surface area contributed by atoms with Crippen LogP contribution in [0.3, 0.4) is 0 Å². The van der Waals surface area contributed by atoms with Crippen LogP contribution in [0.5, 0.6) is 0 Å². The van der Waals surface area contributed by atoms with Gasteiger partial charge in [0, 0.05) is 0 Å². The summed E-state index contributed by atoms with van der Waals surface area (Å²) >= 11 is 13.7. The molecule has 11 heavy (non-hydrogen) atoms. The van der Waals surface area contributed by atoms with E-state index in [9.17, 15) is 0 Å². The summed E-state index contributed by atoms with van der Waals surface area (Å²) in [7, 11) is 0. The van der Waals surface area contributed by atoms with Crippen molar-refractivity contribution in [1.29, 1.82) is 0 Å². The molecule has 1 aromatic rings. The van der Waals surface area contributed by atoms with E-state index in [0.717, 1.165) is 6.04 Å². The molecule has 1 aromatic heterocycles. The summed E-state index contributed by atoms with van der Waals surface area (Å²) in [5.41, 5.74) is 2.90. The average Bonchev–Trinajstić information content (AvgIpc) is 2.39. The summed E-state index contributed by atoms with van der Waals surface area (Å²) in [6.07, 6.45) is 0. The second kappa shape index (κ2) is 3.76. The Balaban J connectivity index is 2.63. The predicted molar refractivity (Wildman–Crippen MR) is 55.7 cm³/mol. The lowest BCUT2D eigenvalue weighted by molar-refractivity contribution is 1.43. The Morgan fingerprint density at radius 2 is 2.36 bits per heavy atom. The van der Waals surface area contributed by atoms with Crippen LogP contribution in [0.1, 0.15) is 5.56 Å². The number of hydrogen-bond acceptors (Lipinski definition) is 1. The molecule has 0 saturated carbocycles. The monoisotopic (exact) mass is 222 g/mol. The van der Waals surface area contributed by atoms with Gasteiger partial charge in [0.15, 0.2) is 0 Å². The molecule has 0 N–H and O–H groups in total. The number of thiophene rings is 1. The smallest absolute Gasteiger partial charge is 0.152 e. The van der Waals surface area contributed by atoms with E-state index in [4.69, 9.17) is 22.2 Å². The molecule has 0 nitrogen and oxygen atoms in total. The highest BCUT2D eigenvalue weighted by Crippen LogP contribution is 2.22. The van der Waals surface area contributed by atoms with Gasteiger partial charge in [-0.3, -0.25) is 0 Å². The zero-order valence-electron chi connectivity index (χ0n) is 5.89. The minimum absolute atomic E-state index is 0.767. The van der Waals surface area contributed by atoms with E-state index in [1.807, 2.05) is 11.4 Å². The fourth-order valence-electron chi connectivity index (χ4n) is 0.738. The molecule has 0 aromatic carbocycles. The van der Waals surface area contributed by atoms with Crippen LogP contribution >= 0.6 is 33.5 Å². The quantitative estimate of drug-likeness (QED) is 0.543. The minimum Gasteiger partial charge on any atom is -0.152 e. The Bertz CT molecular complexity index is 231. The first-order valence-corrected chi connectivity index (χ1v) is 8.42. The molecule has 0 fully saturated rings. The van der Waals surface area contributed by atoms with Crippen LogP contribution in [-0.2, 0) is 6.04 Å². The van der Waals surface area contributed by atoms with E-state index in [0.29, 0.717) is 0 Å². The van der Waals surface area contributed by atoms with Crippen LogP contribution < -0.4 is 0 Å². The highest BCUT2D eigenvalue weighted by molar-refractivity contribution is 7.47. The maximum atomic E-state index is 6.00. The molecule has 0 atom stereocenters. The molecule has 1 heterocycles. The Hall–Kier alpha value is 0.237. The number of rotatable bonds is 3. The first kappa shape index (κ1) is 9.33. The predicted octanol–water partition coefficient (Wildman–Crippen LogP) is 3.47. The molecule has 60 valence electrons. The van der Waals surface area contributed by atoms with E-state index >= 15 is 0 Å². The second-order valence-corrected chi connectivity index (χ2v) is 9.96. The van der Waals surface area contributed by atoms with Crippen LogP contribution in [0.15, 0.2) is 29.1 Å². The van der Waals surface area contributed by atoms with Crippen molar-refractivity contribution >= 4 is 40.2 Å². The highest BCUT2D eigenvalue weighted by Gasteiger charge is 2.24. The topological polar surface area (TPSA) is 0 Å². The van der Waals surface area contributed by atoms with Crippen LogP contribution in [-0.4, -0.2) is 6.69 Å². The average molecular weight is 223 g/mol. The van der Waals surface area contributed by atoms with Crippen LogP contribution in [0, 0.1) is 0 Å². The van der Waals surface area contributed by atoms with E-state index in [2.05, 4.69) is 12.0 Å². The SMILES string of the molecule is C=C[Si](Cl)(Cl)Cc1ccsc1. The van der Waals surface area contributed by atoms with Crippen molar-refractivity contribution in [2.24, 2.45) is 0 Å². The maximum absolute atomic E-state index is 6.00. The standard InChI is InChI=1S/C7H8Cl2SSi/c1-2-11(8,9)6-7-3-4-10-5-7/h2-5H,1,6H2. The molecular weight excluding hydrogens is 215 g/mol. The van der Waals surface area contributed by atoms with Crippen molar-refractivity contribution in [2.75, 3.05) is 0 Å². The number of hydrogen-bond donors (Lipinski definition) is 0. The lowest BCUT2D eigenvalue weighted by Crippen LogP contribution is -2.19. The molecule has 0 radical (unpaired) electrons. The molecule has 0 aliphatic rings. The third kappa shape index (κ3) is 2.99. The zero-order chi connectivity index (χ0) is 8.32. The van der Waals surface area contributed by atoms with Gasteiger partial charge < -0.3 is 0 Å². The van der Waals surface area contributed by atoms with Crippen molar-refractivity contribution in [1.82, 2.24) is 0 Å². The van der Waals surface area contributed by atoms with Crippen LogP contribution in [0.2, 0.25) is 0 Å². The van der Waals surface area contributed by atoms with Gasteiger partial charge in [-0.1, -0.05) is 5.70 Å². The largest absolute Gasteiger partial charge is 0.277 e. The molecule has 0 saturated heterocycles. The summed E-state index contributed by atoms with van der Waals surface area (Å²) in [5, 5.41) is 4.09. The van der Waals surface area contributed by atoms with Crippen LogP contribution in [0.4, 0.5) is 0 Å². The third-order valence-corrected chi connectivity index (χ3v) is 5.26. The van der Waals surface area contributed by atoms with Gasteiger partial charge in [-0.15, -0.1) is 28.7 Å². The van der Waals surface area contributed by atoms with Crippen molar-refractivity contribution in [3.05, 3.63) is 34.7 Å². The van der Waals surface area contributed by atoms with Gasteiger partial charge in [0.2, 0.25) is 0 Å². The lowest BCUT2D eigenvalue weighted by atomic mass is 10.4. The number of halogens is 2. The molecular formula is C7H8Cl2SSi. The Kier molecular flexibility index (Phi) is 3.19. The van der Waals surface area contributed by atoms with E-state index in [-0.39, 0.29) is 0 Å². The molecule has 0 unspecified atom stereocenters. The van der Waals surface area contributed by atoms with Crippen LogP contribution in [0.25, 0.3) is 0 Å². The zero-order valence-corrected chi connectivity index (χ0v) is 9.22. The molecule has 1 rings (SSSR count). The molecule has 0 bridgehead atoms. The summed E-state index contributed by atoms with van der Waals surface area (Å²) in [5.74, 6) is 0. The van der Waals surface area contributed by atoms with Gasteiger partial charge in [-0.25, -0.2) is 0 Å². The summed E-state index contributed by atoms with van der Waals surface area (Å²) < 4.78 is 0. The summed E-state index contributed by atoms with van der Waals surface area (Å²) in [4.78, 5) is 0. The second-order valence-electron chi connectivity index (χ2n) is 2.27. The van der Waals surface area contributed by atoms with E-state index in [1.54, 1.807) is 17.0 Å². The van der Waals surface area contributed by atoms with Gasteiger partial charge >= 0.3 is 0 Å². The van der Waals surface area contributed by atoms with Gasteiger partial charge in [0.05, 0.1) is 0 Å². The van der Waals surface area contributed by atoms with Gasteiger partial charge in [-0.05, 0) is 28.4 Å². The minimum atomic E-state index is -2.17. The lowest BCUT2D eigenvalue weighted by Gasteiger charge is -2.08. The summed E-state index contributed by atoms with van der Waals surface area (Å²) in [6.45, 7) is 1.45. The van der Waals surface area contributed by atoms with Gasteiger partial charge in [-0.2, -0.15) is 11.3 Å². The normalized spacial score (nSPS) is 11.5. The third-order valence-electron chi connectivity index (χ3n) is 1.32. The molecule has 0 aliphatic heterocycles. The fraction of sp³-hybridized carbons (Fsp3) is 0.143.